The smallest absolute Gasteiger partial charge is 0.272 e. The average Bonchev–Trinajstić information content (AvgIpc) is 3.12. The number of anilines is 2. The summed E-state index contributed by atoms with van der Waals surface area (Å²) in [6.45, 7) is 1.49. The molecule has 0 saturated heterocycles. The van der Waals surface area contributed by atoms with E-state index in [-0.39, 0.29) is 17.4 Å². The zero-order chi connectivity index (χ0) is 33.9. The minimum absolute atomic E-state index is 0.0494. The molecule has 0 aliphatic heterocycles. The molecular formula is C39H33N3O5S. The molecule has 5 aromatic carbocycles. The van der Waals surface area contributed by atoms with Gasteiger partial charge in [0.1, 0.15) is 16.7 Å². The largest absolute Gasteiger partial charge is 0.497 e. The van der Waals surface area contributed by atoms with Gasteiger partial charge in [-0.15, -0.1) is 11.8 Å². The van der Waals surface area contributed by atoms with Crippen LogP contribution in [-0.4, -0.2) is 30.6 Å². The highest BCUT2D eigenvalue weighted by atomic mass is 32.2. The van der Waals surface area contributed by atoms with Crippen LogP contribution in [-0.2, 0) is 9.59 Å². The monoisotopic (exact) mass is 655 g/mol. The van der Waals surface area contributed by atoms with Crippen molar-refractivity contribution in [3.05, 3.63) is 161 Å². The second kappa shape index (κ2) is 16.1. The van der Waals surface area contributed by atoms with Crippen LogP contribution in [0.25, 0.3) is 6.08 Å². The van der Waals surface area contributed by atoms with Gasteiger partial charge in [0.25, 0.3) is 11.8 Å². The van der Waals surface area contributed by atoms with Gasteiger partial charge < -0.3 is 20.7 Å². The van der Waals surface area contributed by atoms with E-state index in [1.807, 2.05) is 48.5 Å². The summed E-state index contributed by atoms with van der Waals surface area (Å²) in [6, 6.07) is 39.1. The first-order valence-corrected chi connectivity index (χ1v) is 15.9. The zero-order valence-electron chi connectivity index (χ0n) is 26.3. The molecule has 5 aromatic rings. The second-order valence-corrected chi connectivity index (χ2v) is 11.8. The molecule has 0 radical (unpaired) electrons. The minimum Gasteiger partial charge on any atom is -0.497 e. The number of rotatable bonds is 12. The molecule has 8 nitrogen and oxygen atoms in total. The van der Waals surface area contributed by atoms with Crippen LogP contribution in [0.15, 0.2) is 144 Å². The molecule has 0 spiro atoms. The van der Waals surface area contributed by atoms with Crippen LogP contribution in [0.4, 0.5) is 11.4 Å². The molecule has 5 rings (SSSR count). The number of benzene rings is 5. The predicted molar refractivity (Wildman–Crippen MR) is 190 cm³/mol. The van der Waals surface area contributed by atoms with Crippen LogP contribution in [0.3, 0.4) is 0 Å². The van der Waals surface area contributed by atoms with Gasteiger partial charge in [0, 0.05) is 27.4 Å². The van der Waals surface area contributed by atoms with Crippen LogP contribution >= 0.6 is 11.8 Å². The standard InChI is InChI=1S/C39H33N3O5S/c1-26(43)28-15-17-31(18-16-28)41-39(46)36(29-9-5-3-6-10-29)48-34-23-19-32(20-24-34)40-38(45)35(25-27-13-21-33(47-2)22-14-27)42-37(44)30-11-7-4-8-12-30/h3-25,36H,1-2H3,(H,40,45)(H,41,46)(H,42,44)/b35-25-. The third-order valence-electron chi connectivity index (χ3n) is 7.22. The van der Waals surface area contributed by atoms with Crippen molar-refractivity contribution < 1.29 is 23.9 Å². The molecule has 0 aliphatic carbocycles. The molecule has 1 atom stereocenters. The summed E-state index contributed by atoms with van der Waals surface area (Å²) in [5.74, 6) is -0.530. The lowest BCUT2D eigenvalue weighted by Gasteiger charge is -2.18. The molecule has 0 aliphatic rings. The fourth-order valence-corrected chi connectivity index (χ4v) is 5.68. The van der Waals surface area contributed by atoms with E-state index in [1.54, 1.807) is 98.1 Å². The van der Waals surface area contributed by atoms with E-state index in [9.17, 15) is 19.2 Å². The average molecular weight is 656 g/mol. The third-order valence-corrected chi connectivity index (χ3v) is 8.49. The molecule has 240 valence electrons. The van der Waals surface area contributed by atoms with Crippen molar-refractivity contribution in [1.82, 2.24) is 5.32 Å². The van der Waals surface area contributed by atoms with E-state index in [0.717, 1.165) is 10.5 Å². The maximum absolute atomic E-state index is 13.5. The van der Waals surface area contributed by atoms with E-state index < -0.39 is 17.1 Å². The number of amides is 3. The van der Waals surface area contributed by atoms with E-state index in [1.165, 1.54) is 18.7 Å². The van der Waals surface area contributed by atoms with E-state index in [2.05, 4.69) is 16.0 Å². The molecule has 48 heavy (non-hydrogen) atoms. The van der Waals surface area contributed by atoms with Crippen molar-refractivity contribution >= 4 is 52.7 Å². The van der Waals surface area contributed by atoms with Crippen LogP contribution in [0.2, 0.25) is 0 Å². The lowest BCUT2D eigenvalue weighted by atomic mass is 10.1. The molecule has 1 unspecified atom stereocenters. The molecule has 0 heterocycles. The predicted octanol–water partition coefficient (Wildman–Crippen LogP) is 7.78. The molecule has 3 amide bonds. The number of carbonyl (C=O) groups excluding carboxylic acids is 4. The van der Waals surface area contributed by atoms with Crippen molar-refractivity contribution in [2.75, 3.05) is 17.7 Å². The minimum atomic E-state index is -0.577. The Balaban J connectivity index is 1.32. The highest BCUT2D eigenvalue weighted by Crippen LogP contribution is 2.37. The van der Waals surface area contributed by atoms with Crippen molar-refractivity contribution in [2.24, 2.45) is 0 Å². The van der Waals surface area contributed by atoms with E-state index in [0.29, 0.717) is 33.8 Å². The number of ether oxygens (including phenoxy) is 1. The van der Waals surface area contributed by atoms with Gasteiger partial charge in [-0.1, -0.05) is 60.7 Å². The van der Waals surface area contributed by atoms with Crippen LogP contribution in [0, 0.1) is 0 Å². The van der Waals surface area contributed by atoms with Gasteiger partial charge in [0.2, 0.25) is 5.91 Å². The SMILES string of the molecule is COc1ccc(/C=C(\NC(=O)c2ccccc2)C(=O)Nc2ccc(SC(C(=O)Nc3ccc(C(C)=O)cc3)c3ccccc3)cc2)cc1. The Labute approximate surface area is 283 Å². The molecule has 0 bridgehead atoms. The lowest BCUT2D eigenvalue weighted by Crippen LogP contribution is -2.30. The molecule has 0 fully saturated rings. The number of hydrogen-bond donors (Lipinski definition) is 3. The molecule has 3 N–H and O–H groups in total. The molecule has 9 heteroatoms. The van der Waals surface area contributed by atoms with Gasteiger partial charge in [0.15, 0.2) is 5.78 Å². The summed E-state index contributed by atoms with van der Waals surface area (Å²) in [5.41, 5.74) is 3.65. The maximum Gasteiger partial charge on any atom is 0.272 e. The van der Waals surface area contributed by atoms with Gasteiger partial charge in [-0.05, 0) is 96.9 Å². The molecular weight excluding hydrogens is 623 g/mol. The number of hydrogen-bond acceptors (Lipinski definition) is 6. The number of methoxy groups -OCH3 is 1. The van der Waals surface area contributed by atoms with Gasteiger partial charge >= 0.3 is 0 Å². The Morgan fingerprint density at radius 1 is 0.667 bits per heavy atom. The Morgan fingerprint density at radius 2 is 1.25 bits per heavy atom. The maximum atomic E-state index is 13.5. The van der Waals surface area contributed by atoms with Crippen molar-refractivity contribution in [3.63, 3.8) is 0 Å². The summed E-state index contributed by atoms with van der Waals surface area (Å²) >= 11 is 1.36. The Bertz CT molecular complexity index is 1910. The highest BCUT2D eigenvalue weighted by Gasteiger charge is 2.23. The number of carbonyl (C=O) groups is 4. The third kappa shape index (κ3) is 9.08. The number of Topliss-reactive ketones (excluding diaryl/α,β-unsaturated/α-hetero) is 1. The van der Waals surface area contributed by atoms with Crippen LogP contribution in [0.1, 0.15) is 44.0 Å². The summed E-state index contributed by atoms with van der Waals surface area (Å²) < 4.78 is 5.23. The number of ketones is 1. The van der Waals surface area contributed by atoms with Crippen molar-refractivity contribution in [2.45, 2.75) is 17.1 Å². The lowest BCUT2D eigenvalue weighted by molar-refractivity contribution is -0.116. The zero-order valence-corrected chi connectivity index (χ0v) is 27.1. The van der Waals surface area contributed by atoms with Crippen LogP contribution < -0.4 is 20.7 Å². The highest BCUT2D eigenvalue weighted by molar-refractivity contribution is 8.00. The first kappa shape index (κ1) is 33.4. The number of thioether (sulfide) groups is 1. The summed E-state index contributed by atoms with van der Waals surface area (Å²) in [5, 5.41) is 7.98. The first-order chi connectivity index (χ1) is 23.3. The van der Waals surface area contributed by atoms with E-state index >= 15 is 0 Å². The topological polar surface area (TPSA) is 114 Å². The fourth-order valence-electron chi connectivity index (χ4n) is 4.66. The van der Waals surface area contributed by atoms with E-state index in [4.69, 9.17) is 4.74 Å². The van der Waals surface area contributed by atoms with Gasteiger partial charge in [-0.2, -0.15) is 0 Å². The summed E-state index contributed by atoms with van der Waals surface area (Å²) in [7, 11) is 1.57. The van der Waals surface area contributed by atoms with Crippen molar-refractivity contribution in [1.29, 1.82) is 0 Å². The fraction of sp³-hybridized carbons (Fsp3) is 0.0769. The van der Waals surface area contributed by atoms with Gasteiger partial charge in [0.05, 0.1) is 7.11 Å². The van der Waals surface area contributed by atoms with Crippen molar-refractivity contribution in [3.8, 4) is 5.75 Å². The number of nitrogens with one attached hydrogen (secondary N) is 3. The first-order valence-electron chi connectivity index (χ1n) is 15.1. The molecule has 0 aromatic heterocycles. The quantitative estimate of drug-likeness (QED) is 0.0719. The summed E-state index contributed by atoms with van der Waals surface area (Å²) in [4.78, 5) is 52.4. The Hall–Kier alpha value is -5.93. The summed E-state index contributed by atoms with van der Waals surface area (Å²) in [6.07, 6.45) is 1.59. The van der Waals surface area contributed by atoms with Crippen LogP contribution in [0.5, 0.6) is 5.75 Å². The van der Waals surface area contributed by atoms with Gasteiger partial charge in [-0.3, -0.25) is 19.2 Å². The van der Waals surface area contributed by atoms with Gasteiger partial charge in [-0.25, -0.2) is 0 Å². The molecule has 0 saturated carbocycles. The second-order valence-electron chi connectivity index (χ2n) is 10.7. The Kier molecular flexibility index (Phi) is 11.2. The normalized spacial score (nSPS) is 11.6. The Morgan fingerprint density at radius 3 is 1.85 bits per heavy atom.